The zero-order chi connectivity index (χ0) is 23.5. The van der Waals surface area contributed by atoms with Crippen molar-refractivity contribution in [3.8, 4) is 28.6 Å². The van der Waals surface area contributed by atoms with Gasteiger partial charge in [-0.2, -0.15) is 0 Å². The number of nitrogens with zero attached hydrogens (tertiary/aromatic N) is 3. The molecule has 0 aliphatic carbocycles. The number of rotatable bonds is 6. The number of ether oxygens (including phenoxy) is 2. The van der Waals surface area contributed by atoms with E-state index in [-0.39, 0.29) is 11.6 Å². The van der Waals surface area contributed by atoms with Crippen LogP contribution in [-0.4, -0.2) is 34.9 Å². The molecule has 1 aromatic heterocycles. The molecule has 0 saturated carbocycles. The van der Waals surface area contributed by atoms with Crippen molar-refractivity contribution in [3.05, 3.63) is 82.9 Å². The van der Waals surface area contributed by atoms with Crippen LogP contribution in [0.25, 0.3) is 17.1 Å². The highest BCUT2D eigenvalue weighted by Gasteiger charge is 2.21. The average molecular weight is 467 g/mol. The molecule has 0 saturated heterocycles. The number of hydrogen-bond acceptors (Lipinski definition) is 5. The molecule has 3 aromatic carbocycles. The van der Waals surface area contributed by atoms with Crippen LogP contribution in [0.3, 0.4) is 0 Å². The summed E-state index contributed by atoms with van der Waals surface area (Å²) in [5.41, 5.74) is 2.39. The summed E-state index contributed by atoms with van der Waals surface area (Å²) in [6.07, 6.45) is 0. The lowest BCUT2D eigenvalue weighted by Gasteiger charge is -2.11. The number of carbonyl (C=O) groups is 1. The summed E-state index contributed by atoms with van der Waals surface area (Å²) in [5, 5.41) is 7.75. The topological polar surface area (TPSA) is 78.3 Å². The maximum atomic E-state index is 13.5. The first-order valence-electron chi connectivity index (χ1n) is 9.93. The fourth-order valence-electron chi connectivity index (χ4n) is 3.28. The molecule has 0 unspecified atom stereocenters. The molecular weight excluding hydrogens is 447 g/mol. The molecule has 4 rings (SSSR count). The van der Waals surface area contributed by atoms with Crippen LogP contribution < -0.4 is 14.8 Å². The van der Waals surface area contributed by atoms with Crippen LogP contribution in [-0.2, 0) is 0 Å². The zero-order valence-electron chi connectivity index (χ0n) is 18.1. The van der Waals surface area contributed by atoms with Crippen molar-refractivity contribution < 1.29 is 18.7 Å². The Morgan fingerprint density at radius 3 is 2.52 bits per heavy atom. The van der Waals surface area contributed by atoms with E-state index in [0.29, 0.717) is 39.3 Å². The van der Waals surface area contributed by atoms with Gasteiger partial charge < -0.3 is 14.8 Å². The van der Waals surface area contributed by atoms with Crippen molar-refractivity contribution in [1.29, 1.82) is 0 Å². The number of hydrogen-bond donors (Lipinski definition) is 1. The molecule has 33 heavy (non-hydrogen) atoms. The van der Waals surface area contributed by atoms with E-state index in [0.717, 1.165) is 5.56 Å². The lowest BCUT2D eigenvalue weighted by atomic mass is 10.1. The molecule has 0 bridgehead atoms. The maximum absolute atomic E-state index is 13.5. The molecule has 1 heterocycles. The van der Waals surface area contributed by atoms with Crippen molar-refractivity contribution in [2.75, 3.05) is 19.5 Å². The third-order valence-corrected chi connectivity index (χ3v) is 5.44. The number of benzene rings is 3. The second-order valence-corrected chi connectivity index (χ2v) is 7.49. The van der Waals surface area contributed by atoms with Crippen LogP contribution in [0.4, 0.5) is 10.1 Å². The Balaban J connectivity index is 1.79. The number of anilines is 1. The van der Waals surface area contributed by atoms with Gasteiger partial charge in [-0.15, -0.1) is 5.10 Å². The molecular formula is C24H20ClFN4O3. The Labute approximate surface area is 194 Å². The van der Waals surface area contributed by atoms with Gasteiger partial charge >= 0.3 is 0 Å². The minimum absolute atomic E-state index is 0.0847. The van der Waals surface area contributed by atoms with Gasteiger partial charge in [0.15, 0.2) is 5.82 Å². The lowest BCUT2D eigenvalue weighted by Crippen LogP contribution is -2.15. The predicted octanol–water partition coefficient (Wildman–Crippen LogP) is 5.30. The minimum atomic E-state index is -0.552. The van der Waals surface area contributed by atoms with Crippen molar-refractivity contribution in [1.82, 2.24) is 14.8 Å². The van der Waals surface area contributed by atoms with Gasteiger partial charge in [-0.05, 0) is 61.0 Å². The van der Waals surface area contributed by atoms with Gasteiger partial charge in [0, 0.05) is 16.7 Å². The maximum Gasteiger partial charge on any atom is 0.295 e. The van der Waals surface area contributed by atoms with E-state index >= 15 is 0 Å². The fraction of sp³-hybridized carbons (Fsp3) is 0.125. The second kappa shape index (κ2) is 9.30. The average Bonchev–Trinajstić information content (AvgIpc) is 3.26. The first-order valence-corrected chi connectivity index (χ1v) is 10.3. The number of aromatic nitrogens is 3. The molecule has 0 fully saturated rings. The molecule has 9 heteroatoms. The highest BCUT2D eigenvalue weighted by atomic mass is 35.5. The molecule has 1 amide bonds. The Hall–Kier alpha value is -3.91. The summed E-state index contributed by atoms with van der Waals surface area (Å²) in [7, 11) is 3.03. The predicted molar refractivity (Wildman–Crippen MR) is 124 cm³/mol. The largest absolute Gasteiger partial charge is 0.497 e. The van der Waals surface area contributed by atoms with Crippen molar-refractivity contribution in [2.24, 2.45) is 0 Å². The van der Waals surface area contributed by atoms with E-state index in [4.69, 9.17) is 21.1 Å². The highest BCUT2D eigenvalue weighted by Crippen LogP contribution is 2.30. The van der Waals surface area contributed by atoms with Crippen LogP contribution in [0.1, 0.15) is 16.2 Å². The highest BCUT2D eigenvalue weighted by molar-refractivity contribution is 6.31. The molecule has 4 aromatic rings. The van der Waals surface area contributed by atoms with E-state index in [2.05, 4.69) is 15.4 Å². The summed E-state index contributed by atoms with van der Waals surface area (Å²) in [6, 6.07) is 16.2. The number of nitrogens with one attached hydrogen (secondary N) is 1. The smallest absolute Gasteiger partial charge is 0.295 e. The lowest BCUT2D eigenvalue weighted by molar-refractivity contribution is 0.101. The molecule has 7 nitrogen and oxygen atoms in total. The molecule has 0 spiro atoms. The van der Waals surface area contributed by atoms with E-state index < -0.39 is 5.91 Å². The summed E-state index contributed by atoms with van der Waals surface area (Å²) < 4.78 is 25.6. The zero-order valence-corrected chi connectivity index (χ0v) is 18.9. The van der Waals surface area contributed by atoms with Gasteiger partial charge in [0.25, 0.3) is 5.91 Å². The number of halogens is 2. The van der Waals surface area contributed by atoms with Gasteiger partial charge in [-0.25, -0.2) is 14.1 Å². The number of amides is 1. The standard InChI is InChI=1S/C24H20ClFN4O3/c1-14-18(25)5-4-6-20(14)30-23(15-7-9-16(26)10-8-15)28-22(29-30)24(31)27-19-13-17(32-2)11-12-21(19)33-3/h4-13H,1-3H3,(H,27,31). The third-order valence-electron chi connectivity index (χ3n) is 5.03. The summed E-state index contributed by atoms with van der Waals surface area (Å²) >= 11 is 6.31. The minimum Gasteiger partial charge on any atom is -0.497 e. The molecule has 0 radical (unpaired) electrons. The Morgan fingerprint density at radius 1 is 1.06 bits per heavy atom. The van der Waals surface area contributed by atoms with Crippen LogP contribution >= 0.6 is 11.6 Å². The van der Waals surface area contributed by atoms with Crippen molar-refractivity contribution in [3.63, 3.8) is 0 Å². The second-order valence-electron chi connectivity index (χ2n) is 7.08. The van der Waals surface area contributed by atoms with Gasteiger partial charge in [0.1, 0.15) is 17.3 Å². The van der Waals surface area contributed by atoms with E-state index in [1.165, 1.54) is 31.0 Å². The summed E-state index contributed by atoms with van der Waals surface area (Å²) in [4.78, 5) is 17.5. The van der Waals surface area contributed by atoms with E-state index in [1.807, 2.05) is 13.0 Å². The Bertz CT molecular complexity index is 1320. The molecule has 0 atom stereocenters. The number of carbonyl (C=O) groups excluding carboxylic acids is 1. The SMILES string of the molecule is COc1ccc(OC)c(NC(=O)c2nc(-c3ccc(F)cc3)n(-c3cccc(Cl)c3C)n2)c1. The molecule has 0 aliphatic heterocycles. The first-order chi connectivity index (χ1) is 15.9. The quantitative estimate of drug-likeness (QED) is 0.417. The fourth-order valence-corrected chi connectivity index (χ4v) is 3.45. The summed E-state index contributed by atoms with van der Waals surface area (Å²) in [5.74, 6) is 0.344. The Morgan fingerprint density at radius 2 is 1.82 bits per heavy atom. The van der Waals surface area contributed by atoms with Gasteiger partial charge in [0.2, 0.25) is 5.82 Å². The van der Waals surface area contributed by atoms with Crippen LogP contribution in [0.15, 0.2) is 60.7 Å². The molecule has 168 valence electrons. The molecule has 0 aliphatic rings. The van der Waals surface area contributed by atoms with Crippen molar-refractivity contribution >= 4 is 23.2 Å². The van der Waals surface area contributed by atoms with Gasteiger partial charge in [-0.1, -0.05) is 17.7 Å². The monoisotopic (exact) mass is 466 g/mol. The summed E-state index contributed by atoms with van der Waals surface area (Å²) in [6.45, 7) is 1.84. The van der Waals surface area contributed by atoms with E-state index in [9.17, 15) is 9.18 Å². The van der Waals surface area contributed by atoms with E-state index in [1.54, 1.807) is 42.5 Å². The van der Waals surface area contributed by atoms with Gasteiger partial charge in [0.05, 0.1) is 25.6 Å². The third kappa shape index (κ3) is 4.51. The van der Waals surface area contributed by atoms with Crippen LogP contribution in [0, 0.1) is 12.7 Å². The van der Waals surface area contributed by atoms with Crippen molar-refractivity contribution in [2.45, 2.75) is 6.92 Å². The Kier molecular flexibility index (Phi) is 6.28. The molecule has 1 N–H and O–H groups in total. The number of methoxy groups -OCH3 is 2. The van der Waals surface area contributed by atoms with Crippen LogP contribution in [0.5, 0.6) is 11.5 Å². The van der Waals surface area contributed by atoms with Crippen LogP contribution in [0.2, 0.25) is 5.02 Å². The van der Waals surface area contributed by atoms with Gasteiger partial charge in [-0.3, -0.25) is 4.79 Å². The normalized spacial score (nSPS) is 10.7. The first kappa shape index (κ1) is 22.3.